The minimum atomic E-state index is 0. The van der Waals surface area contributed by atoms with E-state index < -0.39 is 0 Å². The van der Waals surface area contributed by atoms with Crippen LogP contribution in [0.3, 0.4) is 0 Å². The Morgan fingerprint density at radius 1 is 1.15 bits per heavy atom. The van der Waals surface area contributed by atoms with Crippen molar-refractivity contribution >= 4 is 23.2 Å². The fourth-order valence-electron chi connectivity index (χ4n) is 2.33. The number of fused-ring (bicyclic) bond motifs is 1. The molecule has 1 heterocycles. The van der Waals surface area contributed by atoms with E-state index in [4.69, 9.17) is 0 Å². The molecule has 20 heavy (non-hydrogen) atoms. The van der Waals surface area contributed by atoms with Crippen LogP contribution in [0.15, 0.2) is 29.1 Å². The molecule has 0 saturated heterocycles. The average molecular weight is 296 g/mol. The molecule has 0 spiro atoms. The zero-order valence-electron chi connectivity index (χ0n) is 12.3. The van der Waals surface area contributed by atoms with Crippen molar-refractivity contribution in [2.24, 2.45) is 0 Å². The van der Waals surface area contributed by atoms with Gasteiger partial charge in [0.2, 0.25) is 0 Å². The van der Waals surface area contributed by atoms with Crippen LogP contribution in [-0.4, -0.2) is 34.3 Å². The molecule has 0 aliphatic carbocycles. The lowest BCUT2D eigenvalue weighted by atomic mass is 10.1. The molecular formula is C15H22ClN3O. The molecular weight excluding hydrogens is 274 g/mol. The number of nitrogens with zero attached hydrogens (tertiary/aromatic N) is 3. The van der Waals surface area contributed by atoms with Gasteiger partial charge >= 0.3 is 0 Å². The third kappa shape index (κ3) is 3.38. The molecule has 110 valence electrons. The van der Waals surface area contributed by atoms with Gasteiger partial charge in [-0.2, -0.15) is 5.10 Å². The normalized spacial score (nSPS) is 10.8. The van der Waals surface area contributed by atoms with Crippen molar-refractivity contribution < 1.29 is 0 Å². The summed E-state index contributed by atoms with van der Waals surface area (Å²) in [4.78, 5) is 14.6. The Balaban J connectivity index is 0.00000200. The monoisotopic (exact) mass is 295 g/mol. The van der Waals surface area contributed by atoms with Gasteiger partial charge in [0.15, 0.2) is 0 Å². The third-order valence-electron chi connectivity index (χ3n) is 3.57. The van der Waals surface area contributed by atoms with Gasteiger partial charge in [0, 0.05) is 11.9 Å². The first-order valence-electron chi connectivity index (χ1n) is 6.86. The first kappa shape index (κ1) is 16.7. The van der Waals surface area contributed by atoms with Crippen LogP contribution in [0, 0.1) is 6.92 Å². The number of hydrogen-bond acceptors (Lipinski definition) is 3. The summed E-state index contributed by atoms with van der Waals surface area (Å²) in [5.74, 6) is 0. The highest BCUT2D eigenvalue weighted by molar-refractivity contribution is 5.85. The largest absolute Gasteiger partial charge is 0.302 e. The van der Waals surface area contributed by atoms with E-state index in [1.165, 1.54) is 0 Å². The van der Waals surface area contributed by atoms with Crippen molar-refractivity contribution in [1.82, 2.24) is 14.7 Å². The summed E-state index contributed by atoms with van der Waals surface area (Å²) in [5.41, 5.74) is 0.920. The molecule has 0 aliphatic rings. The number of halogens is 1. The summed E-state index contributed by atoms with van der Waals surface area (Å²) in [6.45, 7) is 9.71. The lowest BCUT2D eigenvalue weighted by Gasteiger charge is -2.18. The van der Waals surface area contributed by atoms with Gasteiger partial charge in [-0.05, 0) is 26.1 Å². The lowest BCUT2D eigenvalue weighted by molar-refractivity contribution is 0.282. The van der Waals surface area contributed by atoms with Gasteiger partial charge in [0.05, 0.1) is 17.6 Å². The molecule has 0 N–H and O–H groups in total. The van der Waals surface area contributed by atoms with E-state index in [9.17, 15) is 4.79 Å². The summed E-state index contributed by atoms with van der Waals surface area (Å²) in [5, 5.41) is 6.13. The maximum absolute atomic E-state index is 12.4. The van der Waals surface area contributed by atoms with Crippen LogP contribution in [0.25, 0.3) is 10.8 Å². The summed E-state index contributed by atoms with van der Waals surface area (Å²) in [7, 11) is 0. The van der Waals surface area contributed by atoms with Gasteiger partial charge in [-0.15, -0.1) is 12.4 Å². The minimum absolute atomic E-state index is 0. The maximum atomic E-state index is 12.4. The summed E-state index contributed by atoms with van der Waals surface area (Å²) >= 11 is 0. The third-order valence-corrected chi connectivity index (χ3v) is 3.57. The van der Waals surface area contributed by atoms with Crippen molar-refractivity contribution in [2.45, 2.75) is 27.3 Å². The van der Waals surface area contributed by atoms with Crippen LogP contribution in [0.1, 0.15) is 19.5 Å². The minimum Gasteiger partial charge on any atom is -0.302 e. The predicted octanol–water partition coefficient (Wildman–Crippen LogP) is 2.47. The van der Waals surface area contributed by atoms with Gasteiger partial charge in [0.1, 0.15) is 0 Å². The van der Waals surface area contributed by atoms with Gasteiger partial charge in [-0.3, -0.25) is 4.79 Å². The van der Waals surface area contributed by atoms with E-state index in [-0.39, 0.29) is 18.0 Å². The first-order chi connectivity index (χ1) is 9.17. The molecule has 5 heteroatoms. The van der Waals surface area contributed by atoms with E-state index in [1.54, 1.807) is 4.68 Å². The number of hydrogen-bond donors (Lipinski definition) is 0. The molecule has 0 radical (unpaired) electrons. The molecule has 2 aromatic rings. The van der Waals surface area contributed by atoms with Gasteiger partial charge in [-0.25, -0.2) is 4.68 Å². The van der Waals surface area contributed by atoms with Gasteiger partial charge in [-0.1, -0.05) is 32.0 Å². The average Bonchev–Trinajstić information content (AvgIpc) is 2.45. The molecule has 4 nitrogen and oxygen atoms in total. The van der Waals surface area contributed by atoms with Crippen LogP contribution in [-0.2, 0) is 6.54 Å². The van der Waals surface area contributed by atoms with Crippen molar-refractivity contribution in [3.8, 4) is 0 Å². The molecule has 0 fully saturated rings. The fraction of sp³-hybridized carbons (Fsp3) is 0.467. The first-order valence-corrected chi connectivity index (χ1v) is 6.86. The molecule has 0 unspecified atom stereocenters. The van der Waals surface area contributed by atoms with Crippen molar-refractivity contribution in [3.63, 3.8) is 0 Å². The molecule has 0 saturated carbocycles. The molecule has 1 aromatic heterocycles. The maximum Gasteiger partial charge on any atom is 0.274 e. The fourth-order valence-corrected chi connectivity index (χ4v) is 2.33. The molecule has 2 rings (SSSR count). The second-order valence-electron chi connectivity index (χ2n) is 4.69. The molecule has 0 amide bonds. The zero-order chi connectivity index (χ0) is 13.8. The Morgan fingerprint density at radius 2 is 1.75 bits per heavy atom. The van der Waals surface area contributed by atoms with Crippen molar-refractivity contribution in [2.75, 3.05) is 19.6 Å². The molecule has 0 aliphatic heterocycles. The van der Waals surface area contributed by atoms with Gasteiger partial charge < -0.3 is 4.90 Å². The van der Waals surface area contributed by atoms with E-state index in [0.717, 1.165) is 36.1 Å². The zero-order valence-corrected chi connectivity index (χ0v) is 13.1. The van der Waals surface area contributed by atoms with Gasteiger partial charge in [0.25, 0.3) is 5.56 Å². The van der Waals surface area contributed by atoms with Crippen LogP contribution < -0.4 is 5.56 Å². The molecule has 0 bridgehead atoms. The predicted molar refractivity (Wildman–Crippen MR) is 85.8 cm³/mol. The topological polar surface area (TPSA) is 38.1 Å². The SMILES string of the molecule is CCN(CC)CCn1nc(C)c2ccccc2c1=O.Cl. The highest BCUT2D eigenvalue weighted by atomic mass is 35.5. The number of aromatic nitrogens is 2. The standard InChI is InChI=1S/C15H21N3O.ClH/c1-4-17(5-2)10-11-18-15(19)14-9-7-6-8-13(14)12(3)16-18;/h6-9H,4-5,10-11H2,1-3H3;1H. The number of likely N-dealkylation sites (N-methyl/N-ethyl adjacent to an activating group) is 1. The van der Waals surface area contributed by atoms with E-state index in [2.05, 4.69) is 23.8 Å². The Hall–Kier alpha value is -1.39. The van der Waals surface area contributed by atoms with Crippen molar-refractivity contribution in [1.29, 1.82) is 0 Å². The lowest BCUT2D eigenvalue weighted by Crippen LogP contribution is -2.32. The quantitative estimate of drug-likeness (QED) is 0.850. The Labute approximate surface area is 125 Å². The number of aryl methyl sites for hydroxylation is 1. The summed E-state index contributed by atoms with van der Waals surface area (Å²) in [6, 6.07) is 7.67. The van der Waals surface area contributed by atoms with E-state index >= 15 is 0 Å². The van der Waals surface area contributed by atoms with Crippen LogP contribution >= 0.6 is 12.4 Å². The van der Waals surface area contributed by atoms with E-state index in [0.29, 0.717) is 6.54 Å². The van der Waals surface area contributed by atoms with Crippen LogP contribution in [0.5, 0.6) is 0 Å². The number of rotatable bonds is 5. The smallest absolute Gasteiger partial charge is 0.274 e. The Bertz CT molecular complexity index is 620. The number of benzene rings is 1. The highest BCUT2D eigenvalue weighted by Crippen LogP contribution is 2.11. The second kappa shape index (κ2) is 7.41. The highest BCUT2D eigenvalue weighted by Gasteiger charge is 2.08. The van der Waals surface area contributed by atoms with Crippen LogP contribution in [0.4, 0.5) is 0 Å². The molecule has 1 aromatic carbocycles. The van der Waals surface area contributed by atoms with Crippen LogP contribution in [0.2, 0.25) is 0 Å². The second-order valence-corrected chi connectivity index (χ2v) is 4.69. The Morgan fingerprint density at radius 3 is 2.35 bits per heavy atom. The van der Waals surface area contributed by atoms with Crippen molar-refractivity contribution in [3.05, 3.63) is 40.3 Å². The Kier molecular flexibility index (Phi) is 6.17. The van der Waals surface area contributed by atoms with E-state index in [1.807, 2.05) is 31.2 Å². The molecule has 0 atom stereocenters. The summed E-state index contributed by atoms with van der Waals surface area (Å²) < 4.78 is 1.59. The summed E-state index contributed by atoms with van der Waals surface area (Å²) in [6.07, 6.45) is 0.